The zero-order valence-electron chi connectivity index (χ0n) is 10.8. The Morgan fingerprint density at radius 2 is 2.20 bits per heavy atom. The fourth-order valence-corrected chi connectivity index (χ4v) is 3.30. The molecular formula is C14H14N2O3S. The second kappa shape index (κ2) is 5.20. The minimum Gasteiger partial charge on any atom is -0.480 e. The van der Waals surface area contributed by atoms with Crippen LogP contribution >= 0.6 is 11.3 Å². The van der Waals surface area contributed by atoms with Crippen LogP contribution in [-0.2, 0) is 4.79 Å². The largest absolute Gasteiger partial charge is 0.480 e. The highest BCUT2D eigenvalue weighted by molar-refractivity contribution is 7.16. The minimum atomic E-state index is -0.920. The van der Waals surface area contributed by atoms with Crippen molar-refractivity contribution in [3.8, 4) is 0 Å². The Hall–Kier alpha value is -1.95. The normalized spacial score (nSPS) is 19.2. The van der Waals surface area contributed by atoms with E-state index in [1.807, 2.05) is 0 Å². The van der Waals surface area contributed by atoms with Crippen LogP contribution in [0.3, 0.4) is 0 Å². The fraction of sp³-hybridized carbons (Fsp3) is 0.357. The standard InChI is InChI=1S/C14H14N2O3S/c17-13(16-6-2-1-3-11(16)14(18)19)9-4-5-10-12(7-9)20-8-15-10/h4-5,7-8,11H,1-3,6H2,(H,18,19)/t11-/m1/s1. The highest BCUT2D eigenvalue weighted by atomic mass is 32.1. The summed E-state index contributed by atoms with van der Waals surface area (Å²) in [6.45, 7) is 0.510. The second-order valence-corrected chi connectivity index (χ2v) is 5.77. The fourth-order valence-electron chi connectivity index (χ4n) is 2.59. The van der Waals surface area contributed by atoms with E-state index in [9.17, 15) is 14.7 Å². The van der Waals surface area contributed by atoms with Gasteiger partial charge in [0.05, 0.1) is 15.7 Å². The third-order valence-electron chi connectivity index (χ3n) is 3.63. The number of thiazole rings is 1. The number of likely N-dealkylation sites (tertiary alicyclic amines) is 1. The van der Waals surface area contributed by atoms with Crippen molar-refractivity contribution >= 4 is 33.4 Å². The quantitative estimate of drug-likeness (QED) is 0.921. The van der Waals surface area contributed by atoms with Gasteiger partial charge in [0, 0.05) is 12.1 Å². The lowest BCUT2D eigenvalue weighted by Gasteiger charge is -2.33. The predicted molar refractivity (Wildman–Crippen MR) is 75.9 cm³/mol. The molecule has 0 spiro atoms. The number of nitrogens with zero attached hydrogens (tertiary/aromatic N) is 2. The summed E-state index contributed by atoms with van der Waals surface area (Å²) in [4.78, 5) is 29.5. The summed E-state index contributed by atoms with van der Waals surface area (Å²) >= 11 is 1.47. The number of aliphatic carboxylic acids is 1. The third kappa shape index (κ3) is 2.27. The van der Waals surface area contributed by atoms with E-state index in [2.05, 4.69) is 4.98 Å². The second-order valence-electron chi connectivity index (χ2n) is 4.88. The lowest BCUT2D eigenvalue weighted by molar-refractivity contribution is -0.143. The maximum atomic E-state index is 12.5. The molecule has 0 bridgehead atoms. The Morgan fingerprint density at radius 3 is 3.00 bits per heavy atom. The zero-order valence-corrected chi connectivity index (χ0v) is 11.6. The van der Waals surface area contributed by atoms with E-state index >= 15 is 0 Å². The maximum absolute atomic E-state index is 12.5. The molecule has 1 aliphatic rings. The lowest BCUT2D eigenvalue weighted by atomic mass is 10.0. The van der Waals surface area contributed by atoms with E-state index in [4.69, 9.17) is 0 Å². The van der Waals surface area contributed by atoms with E-state index in [1.165, 1.54) is 16.2 Å². The van der Waals surface area contributed by atoms with Gasteiger partial charge >= 0.3 is 5.97 Å². The summed E-state index contributed by atoms with van der Waals surface area (Å²) in [5.74, 6) is -1.12. The van der Waals surface area contributed by atoms with E-state index in [0.717, 1.165) is 23.1 Å². The first-order valence-corrected chi connectivity index (χ1v) is 7.42. The number of rotatable bonds is 2. The molecule has 0 saturated carbocycles. The van der Waals surface area contributed by atoms with Crippen LogP contribution < -0.4 is 0 Å². The number of carboxylic acid groups (broad SMARTS) is 1. The van der Waals surface area contributed by atoms with Crippen molar-refractivity contribution < 1.29 is 14.7 Å². The molecule has 1 N–H and O–H groups in total. The molecule has 20 heavy (non-hydrogen) atoms. The first kappa shape index (κ1) is 13.1. The molecule has 0 radical (unpaired) electrons. The number of fused-ring (bicyclic) bond motifs is 1. The molecule has 5 nitrogen and oxygen atoms in total. The smallest absolute Gasteiger partial charge is 0.326 e. The highest BCUT2D eigenvalue weighted by Crippen LogP contribution is 2.23. The minimum absolute atomic E-state index is 0.201. The van der Waals surface area contributed by atoms with Crippen LogP contribution in [0.1, 0.15) is 29.6 Å². The van der Waals surface area contributed by atoms with Crippen molar-refractivity contribution in [3.63, 3.8) is 0 Å². The molecule has 0 aliphatic carbocycles. The number of hydrogen-bond acceptors (Lipinski definition) is 4. The average molecular weight is 290 g/mol. The SMILES string of the molecule is O=C(O)[C@H]1CCCCN1C(=O)c1ccc2ncsc2c1. The van der Waals surface area contributed by atoms with Crippen molar-refractivity contribution in [1.29, 1.82) is 0 Å². The van der Waals surface area contributed by atoms with Crippen molar-refractivity contribution in [3.05, 3.63) is 29.3 Å². The van der Waals surface area contributed by atoms with Crippen LogP contribution in [0.15, 0.2) is 23.7 Å². The van der Waals surface area contributed by atoms with Crippen LogP contribution in [0.4, 0.5) is 0 Å². The zero-order chi connectivity index (χ0) is 14.1. The average Bonchev–Trinajstić information content (AvgIpc) is 2.93. The van der Waals surface area contributed by atoms with Gasteiger partial charge in [-0.1, -0.05) is 0 Å². The Labute approximate surface area is 119 Å². The first-order chi connectivity index (χ1) is 9.66. The Kier molecular flexibility index (Phi) is 3.40. The molecule has 104 valence electrons. The molecule has 1 atom stereocenters. The molecule has 0 unspecified atom stereocenters. The van der Waals surface area contributed by atoms with Gasteiger partial charge in [-0.25, -0.2) is 9.78 Å². The maximum Gasteiger partial charge on any atom is 0.326 e. The van der Waals surface area contributed by atoms with Gasteiger partial charge in [0.1, 0.15) is 6.04 Å². The van der Waals surface area contributed by atoms with Crippen molar-refractivity contribution in [2.75, 3.05) is 6.54 Å². The Balaban J connectivity index is 1.91. The topological polar surface area (TPSA) is 70.5 Å². The lowest BCUT2D eigenvalue weighted by Crippen LogP contribution is -2.47. The van der Waals surface area contributed by atoms with Crippen LogP contribution in [-0.4, -0.2) is 39.5 Å². The molecule has 1 fully saturated rings. The van der Waals surface area contributed by atoms with Gasteiger partial charge in [-0.3, -0.25) is 4.79 Å². The molecule has 1 aromatic carbocycles. The van der Waals surface area contributed by atoms with E-state index < -0.39 is 12.0 Å². The van der Waals surface area contributed by atoms with E-state index in [1.54, 1.807) is 23.7 Å². The van der Waals surface area contributed by atoms with Gasteiger partial charge in [-0.15, -0.1) is 11.3 Å². The summed E-state index contributed by atoms with van der Waals surface area (Å²) in [6.07, 6.45) is 2.25. The summed E-state index contributed by atoms with van der Waals surface area (Å²) in [5.41, 5.74) is 3.13. The molecule has 1 amide bonds. The number of hydrogen-bond donors (Lipinski definition) is 1. The third-order valence-corrected chi connectivity index (χ3v) is 4.42. The van der Waals surface area contributed by atoms with Gasteiger partial charge in [0.15, 0.2) is 0 Å². The molecule has 1 aromatic heterocycles. The molecule has 1 saturated heterocycles. The molecular weight excluding hydrogens is 276 g/mol. The van der Waals surface area contributed by atoms with Crippen LogP contribution in [0.2, 0.25) is 0 Å². The summed E-state index contributed by atoms with van der Waals surface area (Å²) < 4.78 is 0.944. The van der Waals surface area contributed by atoms with Crippen LogP contribution in [0.5, 0.6) is 0 Å². The number of amides is 1. The molecule has 6 heteroatoms. The number of carbonyl (C=O) groups is 2. The first-order valence-electron chi connectivity index (χ1n) is 6.54. The number of benzene rings is 1. The number of carboxylic acids is 1. The monoisotopic (exact) mass is 290 g/mol. The van der Waals surface area contributed by atoms with Gasteiger partial charge in [-0.2, -0.15) is 0 Å². The van der Waals surface area contributed by atoms with Crippen LogP contribution in [0.25, 0.3) is 10.2 Å². The highest BCUT2D eigenvalue weighted by Gasteiger charge is 2.32. The molecule has 2 aromatic rings. The van der Waals surface area contributed by atoms with Crippen molar-refractivity contribution in [2.24, 2.45) is 0 Å². The van der Waals surface area contributed by atoms with Crippen molar-refractivity contribution in [1.82, 2.24) is 9.88 Å². The van der Waals surface area contributed by atoms with Gasteiger partial charge in [-0.05, 0) is 37.5 Å². The summed E-state index contributed by atoms with van der Waals surface area (Å²) in [6, 6.07) is 4.62. The Morgan fingerprint density at radius 1 is 1.35 bits per heavy atom. The molecule has 1 aliphatic heterocycles. The van der Waals surface area contributed by atoms with Crippen LogP contribution in [0, 0.1) is 0 Å². The van der Waals surface area contributed by atoms with Gasteiger partial charge in [0.2, 0.25) is 0 Å². The molecule has 3 rings (SSSR count). The van der Waals surface area contributed by atoms with E-state index in [-0.39, 0.29) is 5.91 Å². The number of aromatic nitrogens is 1. The predicted octanol–water partition coefficient (Wildman–Crippen LogP) is 2.38. The van der Waals surface area contributed by atoms with Crippen molar-refractivity contribution in [2.45, 2.75) is 25.3 Å². The summed E-state index contributed by atoms with van der Waals surface area (Å²) in [5, 5.41) is 9.24. The van der Waals surface area contributed by atoms with Gasteiger partial charge < -0.3 is 10.0 Å². The number of piperidine rings is 1. The number of carbonyl (C=O) groups excluding carboxylic acids is 1. The summed E-state index contributed by atoms with van der Waals surface area (Å²) in [7, 11) is 0. The Bertz CT molecular complexity index is 667. The van der Waals surface area contributed by atoms with Gasteiger partial charge in [0.25, 0.3) is 5.91 Å². The molecule has 2 heterocycles. The van der Waals surface area contributed by atoms with E-state index in [0.29, 0.717) is 18.5 Å².